The van der Waals surface area contributed by atoms with E-state index in [9.17, 15) is 0 Å². The normalized spacial score (nSPS) is 10.5. The van der Waals surface area contributed by atoms with Gasteiger partial charge in [-0.2, -0.15) is 0 Å². The summed E-state index contributed by atoms with van der Waals surface area (Å²) in [5.41, 5.74) is 7.93. The molecule has 0 radical (unpaired) electrons. The summed E-state index contributed by atoms with van der Waals surface area (Å²) >= 11 is 0. The molecule has 17 heavy (non-hydrogen) atoms. The van der Waals surface area contributed by atoms with Gasteiger partial charge in [0.05, 0.1) is 6.61 Å². The highest BCUT2D eigenvalue weighted by Crippen LogP contribution is 2.16. The van der Waals surface area contributed by atoms with Crippen molar-refractivity contribution in [2.24, 2.45) is 5.73 Å². The van der Waals surface area contributed by atoms with Gasteiger partial charge >= 0.3 is 0 Å². The molecule has 0 saturated heterocycles. The number of benzene rings is 1. The molecule has 0 heterocycles. The van der Waals surface area contributed by atoms with Crippen LogP contribution in [0.2, 0.25) is 0 Å². The third kappa shape index (κ3) is 5.71. The lowest BCUT2D eigenvalue weighted by Gasteiger charge is -2.08. The molecular formula is C14H23NO2. The number of aryl methyl sites for hydroxylation is 2. The van der Waals surface area contributed by atoms with E-state index in [-0.39, 0.29) is 0 Å². The molecule has 0 bridgehead atoms. The summed E-state index contributed by atoms with van der Waals surface area (Å²) in [6, 6.07) is 6.17. The largest absolute Gasteiger partial charge is 0.493 e. The van der Waals surface area contributed by atoms with Crippen molar-refractivity contribution < 1.29 is 9.47 Å². The maximum absolute atomic E-state index is 5.64. The Bertz CT molecular complexity index is 326. The summed E-state index contributed by atoms with van der Waals surface area (Å²) in [4.78, 5) is 0. The monoisotopic (exact) mass is 237 g/mol. The van der Waals surface area contributed by atoms with Gasteiger partial charge in [0.1, 0.15) is 5.75 Å². The zero-order valence-electron chi connectivity index (χ0n) is 10.9. The van der Waals surface area contributed by atoms with Gasteiger partial charge in [0, 0.05) is 19.6 Å². The smallest absolute Gasteiger partial charge is 0.119 e. The molecule has 1 aromatic carbocycles. The Kier molecular flexibility index (Phi) is 6.67. The molecule has 0 aliphatic heterocycles. The maximum Gasteiger partial charge on any atom is 0.119 e. The minimum atomic E-state index is 0.694. The summed E-state index contributed by atoms with van der Waals surface area (Å²) in [5.74, 6) is 0.940. The lowest BCUT2D eigenvalue weighted by molar-refractivity contribution is 0.118. The predicted octanol–water partition coefficient (Wildman–Crippen LogP) is 2.44. The Hall–Kier alpha value is -1.06. The second kappa shape index (κ2) is 8.09. The Balaban J connectivity index is 2.11. The molecule has 2 N–H and O–H groups in total. The van der Waals surface area contributed by atoms with E-state index in [0.717, 1.165) is 31.8 Å². The average Bonchev–Trinajstić information content (AvgIpc) is 2.32. The molecule has 3 nitrogen and oxygen atoms in total. The van der Waals surface area contributed by atoms with Crippen LogP contribution < -0.4 is 10.5 Å². The number of hydrogen-bond acceptors (Lipinski definition) is 3. The van der Waals surface area contributed by atoms with Gasteiger partial charge in [0.2, 0.25) is 0 Å². The van der Waals surface area contributed by atoms with E-state index in [1.807, 2.05) is 6.07 Å². The van der Waals surface area contributed by atoms with Crippen molar-refractivity contribution in [3.8, 4) is 5.75 Å². The van der Waals surface area contributed by atoms with Crippen LogP contribution in [0.3, 0.4) is 0 Å². The zero-order chi connectivity index (χ0) is 12.5. The van der Waals surface area contributed by atoms with Crippen molar-refractivity contribution in [3.05, 3.63) is 29.3 Å². The van der Waals surface area contributed by atoms with Crippen molar-refractivity contribution in [2.45, 2.75) is 26.7 Å². The molecule has 1 rings (SSSR count). The van der Waals surface area contributed by atoms with E-state index in [0.29, 0.717) is 13.2 Å². The van der Waals surface area contributed by atoms with E-state index in [4.69, 9.17) is 15.2 Å². The van der Waals surface area contributed by atoms with E-state index in [1.54, 1.807) is 0 Å². The molecule has 0 aromatic heterocycles. The fraction of sp³-hybridized carbons (Fsp3) is 0.571. The summed E-state index contributed by atoms with van der Waals surface area (Å²) in [5, 5.41) is 0. The summed E-state index contributed by atoms with van der Waals surface area (Å²) in [6.07, 6.45) is 1.84. The van der Waals surface area contributed by atoms with Crippen molar-refractivity contribution in [3.63, 3.8) is 0 Å². The Labute approximate surface area is 104 Å². The second-order valence-corrected chi connectivity index (χ2v) is 4.20. The summed E-state index contributed by atoms with van der Waals surface area (Å²) < 4.78 is 11.0. The number of ether oxygens (including phenoxy) is 2. The van der Waals surface area contributed by atoms with Gasteiger partial charge in [0.25, 0.3) is 0 Å². The first kappa shape index (κ1) is 14.0. The molecule has 1 aromatic rings. The van der Waals surface area contributed by atoms with Crippen LogP contribution >= 0.6 is 0 Å². The summed E-state index contributed by atoms with van der Waals surface area (Å²) in [7, 11) is 0. The Morgan fingerprint density at radius 2 is 1.76 bits per heavy atom. The average molecular weight is 237 g/mol. The molecule has 0 amide bonds. The first-order valence-electron chi connectivity index (χ1n) is 6.22. The lowest BCUT2D eigenvalue weighted by Crippen LogP contribution is -2.07. The van der Waals surface area contributed by atoms with Gasteiger partial charge in [0.15, 0.2) is 0 Å². The molecule has 96 valence electrons. The number of nitrogens with two attached hydrogens (primary N) is 1. The van der Waals surface area contributed by atoms with Gasteiger partial charge < -0.3 is 15.2 Å². The molecule has 0 aliphatic rings. The van der Waals surface area contributed by atoms with E-state index in [1.165, 1.54) is 11.1 Å². The highest BCUT2D eigenvalue weighted by Gasteiger charge is 1.97. The lowest BCUT2D eigenvalue weighted by atomic mass is 10.1. The van der Waals surface area contributed by atoms with Crippen LogP contribution in [-0.4, -0.2) is 26.4 Å². The van der Waals surface area contributed by atoms with Gasteiger partial charge in [-0.3, -0.25) is 0 Å². The zero-order valence-corrected chi connectivity index (χ0v) is 10.9. The maximum atomic E-state index is 5.64. The van der Waals surface area contributed by atoms with Crippen molar-refractivity contribution in [1.29, 1.82) is 0 Å². The van der Waals surface area contributed by atoms with Gasteiger partial charge in [-0.25, -0.2) is 0 Å². The van der Waals surface area contributed by atoms with E-state index < -0.39 is 0 Å². The predicted molar refractivity (Wildman–Crippen MR) is 70.5 cm³/mol. The van der Waals surface area contributed by atoms with Crippen LogP contribution in [0.5, 0.6) is 5.75 Å². The van der Waals surface area contributed by atoms with Crippen molar-refractivity contribution in [1.82, 2.24) is 0 Å². The van der Waals surface area contributed by atoms with Crippen LogP contribution in [0.25, 0.3) is 0 Å². The molecule has 0 saturated carbocycles. The fourth-order valence-electron chi connectivity index (χ4n) is 1.44. The third-order valence-electron chi connectivity index (χ3n) is 2.67. The quantitative estimate of drug-likeness (QED) is 0.706. The minimum absolute atomic E-state index is 0.694. The van der Waals surface area contributed by atoms with E-state index in [2.05, 4.69) is 26.0 Å². The van der Waals surface area contributed by atoms with Crippen LogP contribution in [0.4, 0.5) is 0 Å². The molecule has 0 aliphatic carbocycles. The molecule has 0 spiro atoms. The molecule has 0 fully saturated rings. The SMILES string of the molecule is Cc1ccc(OCCCOCCCN)cc1C. The molecule has 0 atom stereocenters. The number of hydrogen-bond donors (Lipinski definition) is 1. The van der Waals surface area contributed by atoms with Crippen LogP contribution in [0.1, 0.15) is 24.0 Å². The Morgan fingerprint density at radius 1 is 1.00 bits per heavy atom. The van der Waals surface area contributed by atoms with Crippen molar-refractivity contribution in [2.75, 3.05) is 26.4 Å². The fourth-order valence-corrected chi connectivity index (χ4v) is 1.44. The highest BCUT2D eigenvalue weighted by molar-refractivity contribution is 5.33. The molecular weight excluding hydrogens is 214 g/mol. The molecule has 3 heteroatoms. The first-order chi connectivity index (χ1) is 8.24. The first-order valence-corrected chi connectivity index (χ1v) is 6.22. The van der Waals surface area contributed by atoms with Gasteiger partial charge in [-0.05, 0) is 50.1 Å². The Morgan fingerprint density at radius 3 is 2.47 bits per heavy atom. The molecule has 0 unspecified atom stereocenters. The van der Waals surface area contributed by atoms with Gasteiger partial charge in [-0.1, -0.05) is 6.07 Å². The second-order valence-electron chi connectivity index (χ2n) is 4.20. The van der Waals surface area contributed by atoms with Gasteiger partial charge in [-0.15, -0.1) is 0 Å². The van der Waals surface area contributed by atoms with Crippen molar-refractivity contribution >= 4 is 0 Å². The third-order valence-corrected chi connectivity index (χ3v) is 2.67. The minimum Gasteiger partial charge on any atom is -0.493 e. The number of rotatable bonds is 8. The van der Waals surface area contributed by atoms with Crippen LogP contribution in [0, 0.1) is 13.8 Å². The summed E-state index contributed by atoms with van der Waals surface area (Å²) in [6.45, 7) is 7.08. The van der Waals surface area contributed by atoms with Crippen LogP contribution in [-0.2, 0) is 4.74 Å². The van der Waals surface area contributed by atoms with E-state index >= 15 is 0 Å². The highest BCUT2D eigenvalue weighted by atomic mass is 16.5. The van der Waals surface area contributed by atoms with Crippen LogP contribution in [0.15, 0.2) is 18.2 Å². The standard InChI is InChI=1S/C14H23NO2/c1-12-5-6-14(11-13(12)2)17-10-4-9-16-8-3-7-15/h5-6,11H,3-4,7-10,15H2,1-2H3. The topological polar surface area (TPSA) is 44.5 Å².